The van der Waals surface area contributed by atoms with Crippen molar-refractivity contribution in [2.75, 3.05) is 19.4 Å². The molecule has 0 radical (unpaired) electrons. The van der Waals surface area contributed by atoms with Crippen LogP contribution in [0.2, 0.25) is 0 Å². The van der Waals surface area contributed by atoms with E-state index >= 15 is 0 Å². The molecule has 0 bridgehead atoms. The molecule has 1 aromatic rings. The van der Waals surface area contributed by atoms with Gasteiger partial charge in [0.15, 0.2) is 0 Å². The second-order valence-corrected chi connectivity index (χ2v) is 3.31. The van der Waals surface area contributed by atoms with Gasteiger partial charge in [-0.15, -0.1) is 0 Å². The van der Waals surface area contributed by atoms with Gasteiger partial charge in [-0.25, -0.2) is 0 Å². The summed E-state index contributed by atoms with van der Waals surface area (Å²) < 4.78 is 0. The highest BCUT2D eigenvalue weighted by Crippen LogP contribution is 2.21. The smallest absolute Gasteiger partial charge is 0.0386 e. The molecule has 13 heavy (non-hydrogen) atoms. The van der Waals surface area contributed by atoms with Crippen LogP contribution in [0.15, 0.2) is 12.1 Å². The monoisotopic (exact) mass is 178 g/mol. The highest BCUT2D eigenvalue weighted by Gasteiger charge is 2.05. The molecule has 2 N–H and O–H groups in total. The Balaban J connectivity index is 3.15. The fourth-order valence-corrected chi connectivity index (χ4v) is 1.51. The van der Waals surface area contributed by atoms with Crippen LogP contribution in [0.3, 0.4) is 0 Å². The number of anilines is 1. The number of benzene rings is 1. The van der Waals surface area contributed by atoms with Crippen LogP contribution in [0, 0.1) is 13.8 Å². The minimum Gasteiger partial charge on any atom is -0.388 e. The molecular weight excluding hydrogens is 160 g/mol. The summed E-state index contributed by atoms with van der Waals surface area (Å²) in [6, 6.07) is 4.29. The molecule has 0 atom stereocenters. The van der Waals surface area contributed by atoms with Crippen molar-refractivity contribution >= 4 is 5.69 Å². The molecule has 2 nitrogen and oxygen atoms in total. The van der Waals surface area contributed by atoms with E-state index in [-0.39, 0.29) is 0 Å². The first-order valence-corrected chi connectivity index (χ1v) is 4.62. The van der Waals surface area contributed by atoms with Crippen molar-refractivity contribution in [2.45, 2.75) is 20.4 Å². The largest absolute Gasteiger partial charge is 0.388 e. The summed E-state index contributed by atoms with van der Waals surface area (Å²) in [6.45, 7) is 5.24. The predicted octanol–water partition coefficient (Wildman–Crippen LogP) is 2.06. The lowest BCUT2D eigenvalue weighted by Gasteiger charge is -2.13. The van der Waals surface area contributed by atoms with Gasteiger partial charge in [0, 0.05) is 19.3 Å². The third-order valence-electron chi connectivity index (χ3n) is 2.49. The molecule has 0 heterocycles. The maximum absolute atomic E-state index is 3.21. The number of aryl methyl sites for hydroxylation is 1. The van der Waals surface area contributed by atoms with Crippen molar-refractivity contribution in [1.82, 2.24) is 5.32 Å². The van der Waals surface area contributed by atoms with Gasteiger partial charge in [-0.1, -0.05) is 6.07 Å². The lowest BCUT2D eigenvalue weighted by atomic mass is 10.0. The SMILES string of the molecule is CNCc1c(NC)ccc(C)c1C. The van der Waals surface area contributed by atoms with Gasteiger partial charge in [0.05, 0.1) is 0 Å². The van der Waals surface area contributed by atoms with Crippen LogP contribution in [-0.4, -0.2) is 14.1 Å². The Hall–Kier alpha value is -1.02. The first-order valence-electron chi connectivity index (χ1n) is 4.62. The van der Waals surface area contributed by atoms with E-state index in [9.17, 15) is 0 Å². The van der Waals surface area contributed by atoms with E-state index in [4.69, 9.17) is 0 Å². The van der Waals surface area contributed by atoms with E-state index in [0.717, 1.165) is 6.54 Å². The molecule has 1 aromatic carbocycles. The van der Waals surface area contributed by atoms with E-state index in [1.807, 2.05) is 14.1 Å². The van der Waals surface area contributed by atoms with Crippen molar-refractivity contribution < 1.29 is 0 Å². The average Bonchev–Trinajstić information content (AvgIpc) is 2.14. The second kappa shape index (κ2) is 4.28. The van der Waals surface area contributed by atoms with Gasteiger partial charge in [-0.3, -0.25) is 0 Å². The fraction of sp³-hybridized carbons (Fsp3) is 0.455. The molecule has 72 valence electrons. The standard InChI is InChI=1S/C11H18N2/c1-8-5-6-11(13-4)10(7-12-3)9(8)2/h5-6,12-13H,7H2,1-4H3. The molecule has 0 aliphatic heterocycles. The van der Waals surface area contributed by atoms with Crippen molar-refractivity contribution in [1.29, 1.82) is 0 Å². The van der Waals surface area contributed by atoms with Crippen LogP contribution in [0.25, 0.3) is 0 Å². The highest BCUT2D eigenvalue weighted by molar-refractivity contribution is 5.56. The number of rotatable bonds is 3. The number of hydrogen-bond donors (Lipinski definition) is 2. The normalized spacial score (nSPS) is 10.2. The number of nitrogens with one attached hydrogen (secondary N) is 2. The first-order chi connectivity index (χ1) is 6.20. The Morgan fingerprint density at radius 2 is 1.85 bits per heavy atom. The third-order valence-corrected chi connectivity index (χ3v) is 2.49. The van der Waals surface area contributed by atoms with Crippen molar-refractivity contribution in [3.63, 3.8) is 0 Å². The van der Waals surface area contributed by atoms with Crippen LogP contribution in [0.5, 0.6) is 0 Å². The summed E-state index contributed by atoms with van der Waals surface area (Å²) in [5.74, 6) is 0. The zero-order valence-electron chi connectivity index (χ0n) is 8.86. The Labute approximate surface area is 80.4 Å². The molecule has 0 aromatic heterocycles. The van der Waals surface area contributed by atoms with E-state index in [1.54, 1.807) is 0 Å². The van der Waals surface area contributed by atoms with E-state index in [0.29, 0.717) is 0 Å². The minimum atomic E-state index is 0.920. The summed E-state index contributed by atoms with van der Waals surface area (Å²) in [4.78, 5) is 0. The Morgan fingerprint density at radius 1 is 1.15 bits per heavy atom. The fourth-order valence-electron chi connectivity index (χ4n) is 1.51. The van der Waals surface area contributed by atoms with Crippen LogP contribution in [-0.2, 0) is 6.54 Å². The average molecular weight is 178 g/mol. The zero-order valence-corrected chi connectivity index (χ0v) is 8.86. The maximum Gasteiger partial charge on any atom is 0.0386 e. The molecule has 0 saturated carbocycles. The van der Waals surface area contributed by atoms with Crippen LogP contribution in [0.4, 0.5) is 5.69 Å². The topological polar surface area (TPSA) is 24.1 Å². The summed E-state index contributed by atoms with van der Waals surface area (Å²) in [5, 5.41) is 6.40. The van der Waals surface area contributed by atoms with Gasteiger partial charge < -0.3 is 10.6 Å². The van der Waals surface area contributed by atoms with Crippen LogP contribution >= 0.6 is 0 Å². The lowest BCUT2D eigenvalue weighted by Crippen LogP contribution is -2.10. The summed E-state index contributed by atoms with van der Waals surface area (Å²) in [5.41, 5.74) is 5.31. The van der Waals surface area contributed by atoms with E-state index in [2.05, 4.69) is 36.6 Å². The van der Waals surface area contributed by atoms with Gasteiger partial charge in [-0.05, 0) is 43.7 Å². The van der Waals surface area contributed by atoms with E-state index < -0.39 is 0 Å². The molecule has 0 saturated heterocycles. The summed E-state index contributed by atoms with van der Waals surface area (Å²) in [7, 11) is 3.94. The molecule has 0 spiro atoms. The Morgan fingerprint density at radius 3 is 2.38 bits per heavy atom. The highest BCUT2D eigenvalue weighted by atomic mass is 14.9. The van der Waals surface area contributed by atoms with Gasteiger partial charge in [-0.2, -0.15) is 0 Å². The predicted molar refractivity (Wildman–Crippen MR) is 58.2 cm³/mol. The first kappa shape index (κ1) is 10.1. The molecule has 2 heteroatoms. The number of hydrogen-bond acceptors (Lipinski definition) is 2. The maximum atomic E-state index is 3.21. The van der Waals surface area contributed by atoms with Crippen molar-refractivity contribution in [3.8, 4) is 0 Å². The molecule has 0 aliphatic rings. The molecule has 0 aliphatic carbocycles. The zero-order chi connectivity index (χ0) is 9.84. The van der Waals surface area contributed by atoms with Crippen molar-refractivity contribution in [2.24, 2.45) is 0 Å². The Bertz CT molecular complexity index is 292. The van der Waals surface area contributed by atoms with Crippen LogP contribution in [0.1, 0.15) is 16.7 Å². The lowest BCUT2D eigenvalue weighted by molar-refractivity contribution is 0.812. The van der Waals surface area contributed by atoms with Crippen molar-refractivity contribution in [3.05, 3.63) is 28.8 Å². The molecule has 0 amide bonds. The molecule has 1 rings (SSSR count). The molecule has 0 unspecified atom stereocenters. The van der Waals surface area contributed by atoms with Gasteiger partial charge >= 0.3 is 0 Å². The Kier molecular flexibility index (Phi) is 3.32. The summed E-state index contributed by atoms with van der Waals surface area (Å²) in [6.07, 6.45) is 0. The minimum absolute atomic E-state index is 0.920. The molecular formula is C11H18N2. The van der Waals surface area contributed by atoms with E-state index in [1.165, 1.54) is 22.4 Å². The second-order valence-electron chi connectivity index (χ2n) is 3.31. The third kappa shape index (κ3) is 2.01. The van der Waals surface area contributed by atoms with Gasteiger partial charge in [0.25, 0.3) is 0 Å². The quantitative estimate of drug-likeness (QED) is 0.740. The van der Waals surface area contributed by atoms with Crippen LogP contribution < -0.4 is 10.6 Å². The van der Waals surface area contributed by atoms with Gasteiger partial charge in [0.2, 0.25) is 0 Å². The molecule has 0 fully saturated rings. The summed E-state index contributed by atoms with van der Waals surface area (Å²) >= 11 is 0. The van der Waals surface area contributed by atoms with Gasteiger partial charge in [0.1, 0.15) is 0 Å².